The first-order valence-corrected chi connectivity index (χ1v) is 16.4. The normalized spacial score (nSPS) is 11.4. The Balaban J connectivity index is 0.796. The van der Waals surface area contributed by atoms with E-state index in [4.69, 9.17) is 18.9 Å². The summed E-state index contributed by atoms with van der Waals surface area (Å²) >= 11 is 0. The zero-order valence-electron chi connectivity index (χ0n) is 26.9. The van der Waals surface area contributed by atoms with E-state index in [0.717, 1.165) is 43.1 Å². The Kier molecular flexibility index (Phi) is 11.6. The van der Waals surface area contributed by atoms with Crippen molar-refractivity contribution in [3.05, 3.63) is 120 Å². The molecule has 0 saturated carbocycles. The number of benzene rings is 6. The van der Waals surface area contributed by atoms with Gasteiger partial charge in [0.1, 0.15) is 0 Å². The third kappa shape index (κ3) is 8.16. The molecule has 0 fully saturated rings. The summed E-state index contributed by atoms with van der Waals surface area (Å²) in [6, 6.07) is 36.0. The number of amides is 2. The average molecular weight is 645 g/mol. The maximum absolute atomic E-state index is 13.1. The van der Waals surface area contributed by atoms with Gasteiger partial charge in [0, 0.05) is 13.1 Å². The molecule has 2 N–H and O–H groups in total. The topological polar surface area (TPSA) is 95.1 Å². The van der Waals surface area contributed by atoms with E-state index in [2.05, 4.69) is 22.8 Å². The SMILES string of the molecule is O=C(NCCOCCOCCOCCOCCNC(=O)c1c2ccccc2cc2ccccc12)c1c2ccccc2cc2ccccc12. The minimum Gasteiger partial charge on any atom is -0.377 e. The maximum atomic E-state index is 13.1. The van der Waals surface area contributed by atoms with E-state index in [9.17, 15) is 9.59 Å². The minimum absolute atomic E-state index is 0.108. The van der Waals surface area contributed by atoms with Gasteiger partial charge in [0.25, 0.3) is 11.8 Å². The van der Waals surface area contributed by atoms with Crippen molar-refractivity contribution < 1.29 is 28.5 Å². The van der Waals surface area contributed by atoms with Crippen molar-refractivity contribution >= 4 is 54.9 Å². The molecule has 0 aromatic heterocycles. The Hall–Kier alpha value is -4.86. The Morgan fingerprint density at radius 2 is 0.667 bits per heavy atom. The number of fused-ring (bicyclic) bond motifs is 4. The van der Waals surface area contributed by atoms with Crippen molar-refractivity contribution in [2.75, 3.05) is 65.9 Å². The molecule has 0 aliphatic heterocycles. The molecule has 0 aliphatic rings. The summed E-state index contributed by atoms with van der Waals surface area (Å²) < 4.78 is 22.4. The minimum atomic E-state index is -0.108. The van der Waals surface area contributed by atoms with E-state index in [1.807, 2.05) is 97.1 Å². The summed E-state index contributed by atoms with van der Waals surface area (Å²) in [5, 5.41) is 13.9. The van der Waals surface area contributed by atoms with Gasteiger partial charge in [0.2, 0.25) is 0 Å². The Morgan fingerprint density at radius 3 is 0.979 bits per heavy atom. The van der Waals surface area contributed by atoms with Crippen LogP contribution >= 0.6 is 0 Å². The van der Waals surface area contributed by atoms with Gasteiger partial charge in [-0.2, -0.15) is 0 Å². The molecule has 0 radical (unpaired) electrons. The number of carbonyl (C=O) groups excluding carboxylic acids is 2. The lowest BCUT2D eigenvalue weighted by molar-refractivity contribution is -0.000994. The van der Waals surface area contributed by atoms with E-state index >= 15 is 0 Å². The van der Waals surface area contributed by atoms with Crippen molar-refractivity contribution in [3.63, 3.8) is 0 Å². The fourth-order valence-electron chi connectivity index (χ4n) is 5.93. The van der Waals surface area contributed by atoms with Gasteiger partial charge in [-0.25, -0.2) is 0 Å². The third-order valence-corrected chi connectivity index (χ3v) is 8.18. The monoisotopic (exact) mass is 644 g/mol. The van der Waals surface area contributed by atoms with Gasteiger partial charge in [-0.1, -0.05) is 97.1 Å². The summed E-state index contributed by atoms with van der Waals surface area (Å²) in [7, 11) is 0. The fourth-order valence-corrected chi connectivity index (χ4v) is 5.93. The van der Waals surface area contributed by atoms with Crippen LogP contribution in [-0.4, -0.2) is 77.8 Å². The van der Waals surface area contributed by atoms with Crippen LogP contribution in [0.5, 0.6) is 0 Å². The highest BCUT2D eigenvalue weighted by Crippen LogP contribution is 2.29. The quantitative estimate of drug-likeness (QED) is 0.0867. The number of hydrogen-bond donors (Lipinski definition) is 2. The van der Waals surface area contributed by atoms with Crippen molar-refractivity contribution in [2.45, 2.75) is 0 Å². The zero-order valence-corrected chi connectivity index (χ0v) is 26.9. The number of rotatable bonds is 17. The molecule has 0 heterocycles. The Morgan fingerprint density at radius 1 is 0.396 bits per heavy atom. The number of carbonyl (C=O) groups is 2. The first kappa shape index (κ1) is 33.1. The smallest absolute Gasteiger partial charge is 0.252 e. The standard InChI is InChI=1S/C40H40N2O6/c43-39(37-33-13-5-1-9-29(33)27-30-10-2-6-14-34(30)37)41-17-19-45-21-23-47-25-26-48-24-22-46-20-18-42-40(44)38-35-15-7-3-11-31(35)28-32-12-4-8-16-36(32)38/h1-16,27-28H,17-26H2,(H,41,43)(H,42,44). The second-order valence-corrected chi connectivity index (χ2v) is 11.3. The van der Waals surface area contributed by atoms with Crippen molar-refractivity contribution in [2.24, 2.45) is 0 Å². The van der Waals surface area contributed by atoms with E-state index in [1.54, 1.807) is 0 Å². The molecule has 6 aromatic carbocycles. The maximum Gasteiger partial charge on any atom is 0.252 e. The molecule has 0 unspecified atom stereocenters. The summed E-state index contributed by atoms with van der Waals surface area (Å²) in [6.07, 6.45) is 0. The van der Waals surface area contributed by atoms with Gasteiger partial charge in [-0.15, -0.1) is 0 Å². The van der Waals surface area contributed by atoms with Gasteiger partial charge < -0.3 is 29.6 Å². The molecule has 8 nitrogen and oxygen atoms in total. The van der Waals surface area contributed by atoms with Crippen LogP contribution in [-0.2, 0) is 18.9 Å². The van der Waals surface area contributed by atoms with Gasteiger partial charge in [-0.3, -0.25) is 9.59 Å². The Bertz CT molecular complexity index is 1760. The first-order chi connectivity index (χ1) is 23.7. The largest absolute Gasteiger partial charge is 0.377 e. The lowest BCUT2D eigenvalue weighted by atomic mass is 9.96. The highest BCUT2D eigenvalue weighted by atomic mass is 16.6. The van der Waals surface area contributed by atoms with E-state index < -0.39 is 0 Å². The van der Waals surface area contributed by atoms with Crippen molar-refractivity contribution in [1.82, 2.24) is 10.6 Å². The average Bonchev–Trinajstić information content (AvgIpc) is 3.12. The van der Waals surface area contributed by atoms with Crippen molar-refractivity contribution in [1.29, 1.82) is 0 Å². The van der Waals surface area contributed by atoms with E-state index in [-0.39, 0.29) is 11.8 Å². The van der Waals surface area contributed by atoms with Crippen LogP contribution in [0.3, 0.4) is 0 Å². The molecule has 0 aliphatic carbocycles. The van der Waals surface area contributed by atoms with Crippen LogP contribution in [0, 0.1) is 0 Å². The predicted octanol–water partition coefficient (Wildman–Crippen LogP) is 6.53. The van der Waals surface area contributed by atoms with Crippen LogP contribution in [0.2, 0.25) is 0 Å². The molecule has 6 aromatic rings. The fraction of sp³-hybridized carbons (Fsp3) is 0.250. The second kappa shape index (κ2) is 16.8. The Labute approximate surface area is 279 Å². The molecule has 246 valence electrons. The second-order valence-electron chi connectivity index (χ2n) is 11.3. The van der Waals surface area contributed by atoms with Gasteiger partial charge in [-0.05, 0) is 55.2 Å². The van der Waals surface area contributed by atoms with Crippen LogP contribution < -0.4 is 10.6 Å². The number of hydrogen-bond acceptors (Lipinski definition) is 6. The molecule has 0 spiro atoms. The van der Waals surface area contributed by atoms with Crippen LogP contribution in [0.4, 0.5) is 0 Å². The van der Waals surface area contributed by atoms with Crippen LogP contribution in [0.1, 0.15) is 20.7 Å². The van der Waals surface area contributed by atoms with Gasteiger partial charge in [0.05, 0.1) is 64.0 Å². The number of ether oxygens (including phenoxy) is 4. The highest BCUT2D eigenvalue weighted by molar-refractivity contribution is 6.19. The molecular weight excluding hydrogens is 604 g/mol. The molecule has 0 saturated heterocycles. The molecule has 6 rings (SSSR count). The van der Waals surface area contributed by atoms with E-state index in [0.29, 0.717) is 77.1 Å². The first-order valence-electron chi connectivity index (χ1n) is 16.4. The zero-order chi connectivity index (χ0) is 33.0. The molecule has 0 bridgehead atoms. The third-order valence-electron chi connectivity index (χ3n) is 8.18. The lowest BCUT2D eigenvalue weighted by Crippen LogP contribution is -2.28. The summed E-state index contributed by atoms with van der Waals surface area (Å²) in [5.74, 6) is -0.216. The summed E-state index contributed by atoms with van der Waals surface area (Å²) in [5.41, 5.74) is 1.38. The van der Waals surface area contributed by atoms with E-state index in [1.165, 1.54) is 0 Å². The molecule has 48 heavy (non-hydrogen) atoms. The molecule has 8 heteroatoms. The number of nitrogens with one attached hydrogen (secondary N) is 2. The summed E-state index contributed by atoms with van der Waals surface area (Å²) in [6.45, 7) is 4.22. The molecule has 0 atom stereocenters. The van der Waals surface area contributed by atoms with Crippen LogP contribution in [0.15, 0.2) is 109 Å². The summed E-state index contributed by atoms with van der Waals surface area (Å²) in [4.78, 5) is 26.3. The van der Waals surface area contributed by atoms with Gasteiger partial charge in [0.15, 0.2) is 0 Å². The predicted molar refractivity (Wildman–Crippen MR) is 191 cm³/mol. The van der Waals surface area contributed by atoms with Crippen LogP contribution in [0.25, 0.3) is 43.1 Å². The highest BCUT2D eigenvalue weighted by Gasteiger charge is 2.15. The lowest BCUT2D eigenvalue weighted by Gasteiger charge is -2.12. The van der Waals surface area contributed by atoms with Crippen molar-refractivity contribution in [3.8, 4) is 0 Å². The molecular formula is C40H40N2O6. The molecule has 2 amide bonds. The van der Waals surface area contributed by atoms with Gasteiger partial charge >= 0.3 is 0 Å².